The van der Waals surface area contributed by atoms with E-state index in [0.29, 0.717) is 17.6 Å². The lowest BCUT2D eigenvalue weighted by Gasteiger charge is -2.07. The van der Waals surface area contributed by atoms with Gasteiger partial charge in [-0.25, -0.2) is 4.98 Å². The normalized spacial score (nSPS) is 10.5. The highest BCUT2D eigenvalue weighted by Crippen LogP contribution is 2.15. The van der Waals surface area contributed by atoms with Crippen molar-refractivity contribution in [2.75, 3.05) is 6.61 Å². The van der Waals surface area contributed by atoms with Gasteiger partial charge in [0.2, 0.25) is 5.88 Å². The molecule has 2 heterocycles. The van der Waals surface area contributed by atoms with E-state index in [2.05, 4.69) is 21.9 Å². The van der Waals surface area contributed by atoms with Crippen molar-refractivity contribution in [1.29, 1.82) is 0 Å². The molecule has 5 heteroatoms. The van der Waals surface area contributed by atoms with Gasteiger partial charge in [0.15, 0.2) is 0 Å². The number of halogens is 1. The summed E-state index contributed by atoms with van der Waals surface area (Å²) >= 11 is 5.96. The van der Waals surface area contributed by atoms with E-state index in [0.717, 1.165) is 31.5 Å². The smallest absolute Gasteiger partial charge is 0.218 e. The molecule has 0 aliphatic carbocycles. The van der Waals surface area contributed by atoms with Gasteiger partial charge in [0, 0.05) is 24.9 Å². The van der Waals surface area contributed by atoms with Gasteiger partial charge in [0.25, 0.3) is 0 Å². The maximum absolute atomic E-state index is 5.96. The molecule has 4 nitrogen and oxygen atoms in total. The number of pyridine rings is 1. The zero-order chi connectivity index (χ0) is 14.2. The standard InChI is InChI=1S/C15H18ClN3O/c1-2-4-14-18-13(16)11-15(19-14)20-10-3-5-12-6-8-17-9-7-12/h6-9,11H,2-5,10H2,1H3. The van der Waals surface area contributed by atoms with E-state index in [4.69, 9.17) is 16.3 Å². The third kappa shape index (κ3) is 4.78. The van der Waals surface area contributed by atoms with Gasteiger partial charge in [0.05, 0.1) is 6.61 Å². The fourth-order valence-electron chi connectivity index (χ4n) is 1.85. The molecule has 0 amide bonds. The van der Waals surface area contributed by atoms with Crippen LogP contribution >= 0.6 is 11.6 Å². The zero-order valence-corrected chi connectivity index (χ0v) is 12.3. The monoisotopic (exact) mass is 291 g/mol. The maximum Gasteiger partial charge on any atom is 0.218 e. The van der Waals surface area contributed by atoms with E-state index in [1.807, 2.05) is 12.1 Å². The van der Waals surface area contributed by atoms with Gasteiger partial charge >= 0.3 is 0 Å². The average molecular weight is 292 g/mol. The summed E-state index contributed by atoms with van der Waals surface area (Å²) in [5.74, 6) is 1.30. The minimum Gasteiger partial charge on any atom is -0.478 e. The van der Waals surface area contributed by atoms with Gasteiger partial charge in [-0.3, -0.25) is 4.98 Å². The van der Waals surface area contributed by atoms with Crippen molar-refractivity contribution in [3.05, 3.63) is 47.1 Å². The van der Waals surface area contributed by atoms with Crippen LogP contribution in [0.3, 0.4) is 0 Å². The lowest BCUT2D eigenvalue weighted by Crippen LogP contribution is -2.04. The van der Waals surface area contributed by atoms with E-state index in [1.54, 1.807) is 18.5 Å². The first-order valence-corrected chi connectivity index (χ1v) is 7.21. The topological polar surface area (TPSA) is 47.9 Å². The molecule has 106 valence electrons. The highest BCUT2D eigenvalue weighted by atomic mass is 35.5. The van der Waals surface area contributed by atoms with Crippen LogP contribution in [-0.4, -0.2) is 21.6 Å². The lowest BCUT2D eigenvalue weighted by molar-refractivity contribution is 0.297. The number of nitrogens with zero attached hydrogens (tertiary/aromatic N) is 3. The minimum atomic E-state index is 0.438. The van der Waals surface area contributed by atoms with Crippen molar-refractivity contribution >= 4 is 11.6 Å². The Bertz CT molecular complexity index is 534. The predicted octanol–water partition coefficient (Wildman–Crippen LogP) is 3.49. The fourth-order valence-corrected chi connectivity index (χ4v) is 2.04. The van der Waals surface area contributed by atoms with Gasteiger partial charge in [-0.15, -0.1) is 0 Å². The van der Waals surface area contributed by atoms with Gasteiger partial charge in [-0.2, -0.15) is 4.98 Å². The summed E-state index contributed by atoms with van der Waals surface area (Å²) in [5, 5.41) is 0.438. The Kier molecular flexibility index (Phi) is 5.74. The van der Waals surface area contributed by atoms with E-state index in [-0.39, 0.29) is 0 Å². The molecule has 0 fully saturated rings. The second-order valence-corrected chi connectivity index (χ2v) is 4.89. The van der Waals surface area contributed by atoms with Crippen LogP contribution in [0.15, 0.2) is 30.6 Å². The number of aromatic nitrogens is 3. The summed E-state index contributed by atoms with van der Waals surface area (Å²) < 4.78 is 5.64. The van der Waals surface area contributed by atoms with Gasteiger partial charge in [-0.05, 0) is 37.0 Å². The minimum absolute atomic E-state index is 0.438. The molecule has 20 heavy (non-hydrogen) atoms. The third-order valence-electron chi connectivity index (χ3n) is 2.80. The Labute approximate surface area is 124 Å². The molecular formula is C15H18ClN3O. The number of hydrogen-bond donors (Lipinski definition) is 0. The van der Waals surface area contributed by atoms with Gasteiger partial charge < -0.3 is 4.74 Å². The highest BCUT2D eigenvalue weighted by Gasteiger charge is 2.03. The first kappa shape index (κ1) is 14.7. The van der Waals surface area contributed by atoms with Gasteiger partial charge in [0.1, 0.15) is 11.0 Å². The molecule has 0 aromatic carbocycles. The number of rotatable bonds is 7. The van der Waals surface area contributed by atoms with Crippen LogP contribution in [0, 0.1) is 0 Å². The van der Waals surface area contributed by atoms with Crippen LogP contribution in [0.5, 0.6) is 5.88 Å². The van der Waals surface area contributed by atoms with E-state index in [9.17, 15) is 0 Å². The molecule has 2 aromatic rings. The Morgan fingerprint density at radius 2 is 1.95 bits per heavy atom. The molecule has 0 N–H and O–H groups in total. The predicted molar refractivity (Wildman–Crippen MR) is 79.1 cm³/mol. The molecule has 0 radical (unpaired) electrons. The molecule has 0 aliphatic rings. The summed E-state index contributed by atoms with van der Waals surface area (Å²) in [4.78, 5) is 12.5. The lowest BCUT2D eigenvalue weighted by atomic mass is 10.1. The van der Waals surface area contributed by atoms with E-state index < -0.39 is 0 Å². The quantitative estimate of drug-likeness (QED) is 0.579. The summed E-state index contributed by atoms with van der Waals surface area (Å²) in [5.41, 5.74) is 1.26. The van der Waals surface area contributed by atoms with E-state index >= 15 is 0 Å². The second kappa shape index (κ2) is 7.80. The molecule has 0 aliphatic heterocycles. The largest absolute Gasteiger partial charge is 0.478 e. The van der Waals surface area contributed by atoms with E-state index in [1.165, 1.54) is 5.56 Å². The Morgan fingerprint density at radius 1 is 1.15 bits per heavy atom. The third-order valence-corrected chi connectivity index (χ3v) is 2.99. The highest BCUT2D eigenvalue weighted by molar-refractivity contribution is 6.29. The van der Waals surface area contributed by atoms with Gasteiger partial charge in [-0.1, -0.05) is 18.5 Å². The molecule has 0 atom stereocenters. The molecule has 0 spiro atoms. The Hall–Kier alpha value is -1.68. The molecule has 2 aromatic heterocycles. The Morgan fingerprint density at radius 3 is 2.70 bits per heavy atom. The van der Waals surface area contributed by atoms with Crippen LogP contribution in [-0.2, 0) is 12.8 Å². The van der Waals surface area contributed by atoms with Crippen LogP contribution in [0.1, 0.15) is 31.2 Å². The number of aryl methyl sites for hydroxylation is 2. The molecular weight excluding hydrogens is 274 g/mol. The van der Waals surface area contributed by atoms with Crippen molar-refractivity contribution in [1.82, 2.24) is 15.0 Å². The molecule has 0 bridgehead atoms. The van der Waals surface area contributed by atoms with Crippen molar-refractivity contribution in [3.8, 4) is 5.88 Å². The first-order chi connectivity index (χ1) is 9.78. The van der Waals surface area contributed by atoms with Crippen molar-refractivity contribution < 1.29 is 4.74 Å². The van der Waals surface area contributed by atoms with Crippen molar-refractivity contribution in [2.45, 2.75) is 32.6 Å². The summed E-state index contributed by atoms with van der Waals surface area (Å²) in [6.07, 6.45) is 7.29. The average Bonchev–Trinajstić information content (AvgIpc) is 2.45. The second-order valence-electron chi connectivity index (χ2n) is 4.50. The molecule has 0 saturated carbocycles. The summed E-state index contributed by atoms with van der Waals surface area (Å²) in [7, 11) is 0. The van der Waals surface area contributed by atoms with Crippen molar-refractivity contribution in [2.24, 2.45) is 0 Å². The van der Waals surface area contributed by atoms with Crippen LogP contribution in [0.25, 0.3) is 0 Å². The zero-order valence-electron chi connectivity index (χ0n) is 11.6. The van der Waals surface area contributed by atoms with Crippen LogP contribution < -0.4 is 4.74 Å². The van der Waals surface area contributed by atoms with Crippen LogP contribution in [0.2, 0.25) is 5.15 Å². The maximum atomic E-state index is 5.96. The molecule has 0 saturated heterocycles. The number of hydrogen-bond acceptors (Lipinski definition) is 4. The number of ether oxygens (including phenoxy) is 1. The SMILES string of the molecule is CCCc1nc(Cl)cc(OCCCc2ccncc2)n1. The first-order valence-electron chi connectivity index (χ1n) is 6.83. The fraction of sp³-hybridized carbons (Fsp3) is 0.400. The Balaban J connectivity index is 1.81. The van der Waals surface area contributed by atoms with Crippen LogP contribution in [0.4, 0.5) is 0 Å². The summed E-state index contributed by atoms with van der Waals surface area (Å²) in [6, 6.07) is 5.69. The van der Waals surface area contributed by atoms with Crippen molar-refractivity contribution in [3.63, 3.8) is 0 Å². The molecule has 0 unspecified atom stereocenters. The summed E-state index contributed by atoms with van der Waals surface area (Å²) in [6.45, 7) is 2.70. The molecule has 2 rings (SSSR count).